The van der Waals surface area contributed by atoms with E-state index in [0.29, 0.717) is 32.2 Å². The summed E-state index contributed by atoms with van der Waals surface area (Å²) in [5.41, 5.74) is 3.49. The summed E-state index contributed by atoms with van der Waals surface area (Å²) in [4.78, 5) is 24.7. The summed E-state index contributed by atoms with van der Waals surface area (Å²) in [6.45, 7) is 4.63. The van der Waals surface area contributed by atoms with E-state index < -0.39 is 12.1 Å². The van der Waals surface area contributed by atoms with Crippen molar-refractivity contribution in [1.82, 2.24) is 4.90 Å². The number of allylic oxidation sites excluding steroid dienone is 1. The Balaban J connectivity index is 1.90. The molecule has 1 unspecified atom stereocenters. The Labute approximate surface area is 173 Å². The Morgan fingerprint density at radius 3 is 2.66 bits per heavy atom. The molecule has 0 bridgehead atoms. The lowest BCUT2D eigenvalue weighted by Crippen LogP contribution is -2.42. The van der Waals surface area contributed by atoms with E-state index in [-0.39, 0.29) is 18.4 Å². The molecule has 1 aromatic rings. The van der Waals surface area contributed by atoms with Crippen LogP contribution in [0.2, 0.25) is 0 Å². The van der Waals surface area contributed by atoms with Crippen molar-refractivity contribution in [2.24, 2.45) is 0 Å². The second-order valence-corrected chi connectivity index (χ2v) is 7.92. The Bertz CT molecular complexity index is 733. The fourth-order valence-electron chi connectivity index (χ4n) is 3.81. The second-order valence-electron chi connectivity index (χ2n) is 7.92. The van der Waals surface area contributed by atoms with Gasteiger partial charge in [-0.3, -0.25) is 9.59 Å². The molecule has 1 aromatic carbocycles. The van der Waals surface area contributed by atoms with Gasteiger partial charge in [0.1, 0.15) is 0 Å². The highest BCUT2D eigenvalue weighted by molar-refractivity contribution is 5.77. The quantitative estimate of drug-likeness (QED) is 0.461. The maximum atomic E-state index is 12.3. The first kappa shape index (κ1) is 22.9. The fourth-order valence-corrected chi connectivity index (χ4v) is 3.81. The van der Waals surface area contributed by atoms with Gasteiger partial charge in [-0.2, -0.15) is 0 Å². The van der Waals surface area contributed by atoms with Crippen LogP contribution in [0.25, 0.3) is 0 Å². The number of benzene rings is 1. The number of carboxylic acid groups (broad SMARTS) is 1. The van der Waals surface area contributed by atoms with Crippen molar-refractivity contribution in [3.05, 3.63) is 59.2 Å². The van der Waals surface area contributed by atoms with Crippen molar-refractivity contribution in [2.45, 2.75) is 70.9 Å². The van der Waals surface area contributed by atoms with Gasteiger partial charge in [-0.15, -0.1) is 0 Å². The van der Waals surface area contributed by atoms with Crippen LogP contribution in [0.3, 0.4) is 0 Å². The van der Waals surface area contributed by atoms with Gasteiger partial charge in [0.15, 0.2) is 0 Å². The number of piperidine rings is 1. The summed E-state index contributed by atoms with van der Waals surface area (Å²) in [6, 6.07) is 6.30. The monoisotopic (exact) mass is 399 g/mol. The summed E-state index contributed by atoms with van der Waals surface area (Å²) >= 11 is 0. The number of hydrogen-bond donors (Lipinski definition) is 2. The molecule has 1 heterocycles. The number of aryl methyl sites for hydroxylation is 2. The standard InChI is InChI=1S/C24H33NO4/c1-18-14-19(2)16-20(15-18)17-22(26)12-11-21-8-7-9-23(27)25(21)13-6-4-3-5-10-24(28)29/h4,6,11-12,14-16,21-22,26H,3,5,7-10,13,17H2,1-2H3,(H,28,29)/t21-,22?/m1/s1. The highest BCUT2D eigenvalue weighted by Gasteiger charge is 2.25. The Kier molecular flexibility index (Phi) is 9.13. The number of nitrogens with zero attached hydrogens (tertiary/aromatic N) is 1. The molecule has 5 heteroatoms. The van der Waals surface area contributed by atoms with E-state index in [4.69, 9.17) is 5.11 Å². The van der Waals surface area contributed by atoms with Gasteiger partial charge in [0.05, 0.1) is 12.1 Å². The van der Waals surface area contributed by atoms with Gasteiger partial charge >= 0.3 is 5.97 Å². The molecule has 1 saturated heterocycles. The van der Waals surface area contributed by atoms with E-state index in [1.165, 1.54) is 11.1 Å². The molecule has 2 atom stereocenters. The number of carbonyl (C=O) groups excluding carboxylic acids is 1. The number of aliphatic hydroxyl groups excluding tert-OH is 1. The first-order valence-corrected chi connectivity index (χ1v) is 10.4. The maximum absolute atomic E-state index is 12.3. The van der Waals surface area contributed by atoms with E-state index >= 15 is 0 Å². The topological polar surface area (TPSA) is 77.8 Å². The van der Waals surface area contributed by atoms with Crippen molar-refractivity contribution in [1.29, 1.82) is 0 Å². The maximum Gasteiger partial charge on any atom is 0.303 e. The highest BCUT2D eigenvalue weighted by Crippen LogP contribution is 2.20. The number of aliphatic carboxylic acids is 1. The lowest BCUT2D eigenvalue weighted by Gasteiger charge is -2.33. The van der Waals surface area contributed by atoms with Crippen LogP contribution < -0.4 is 0 Å². The van der Waals surface area contributed by atoms with E-state index in [1.54, 1.807) is 0 Å². The van der Waals surface area contributed by atoms with Crippen molar-refractivity contribution in [3.63, 3.8) is 0 Å². The molecule has 0 saturated carbocycles. The predicted molar refractivity (Wildman–Crippen MR) is 115 cm³/mol. The third-order valence-corrected chi connectivity index (χ3v) is 5.12. The van der Waals surface area contributed by atoms with Crippen LogP contribution in [0.1, 0.15) is 55.2 Å². The zero-order chi connectivity index (χ0) is 21.2. The minimum Gasteiger partial charge on any atom is -0.481 e. The molecular formula is C24H33NO4. The largest absolute Gasteiger partial charge is 0.481 e. The van der Waals surface area contributed by atoms with Crippen molar-refractivity contribution >= 4 is 11.9 Å². The van der Waals surface area contributed by atoms with E-state index in [2.05, 4.69) is 32.0 Å². The van der Waals surface area contributed by atoms with E-state index in [0.717, 1.165) is 18.4 Å². The lowest BCUT2D eigenvalue weighted by molar-refractivity contribution is -0.137. The number of unbranched alkanes of at least 4 members (excludes halogenated alkanes) is 1. The molecule has 2 N–H and O–H groups in total. The number of carbonyl (C=O) groups is 2. The van der Waals surface area contributed by atoms with Crippen LogP contribution in [0, 0.1) is 13.8 Å². The van der Waals surface area contributed by atoms with Crippen LogP contribution in [-0.4, -0.2) is 45.7 Å². The lowest BCUT2D eigenvalue weighted by atomic mass is 9.98. The summed E-state index contributed by atoms with van der Waals surface area (Å²) in [5.74, 6) is -0.654. The Hall–Kier alpha value is -2.40. The summed E-state index contributed by atoms with van der Waals surface area (Å²) in [6.07, 6.45) is 11.4. The normalized spacial score (nSPS) is 18.7. The van der Waals surface area contributed by atoms with Crippen LogP contribution in [0.15, 0.2) is 42.5 Å². The SMILES string of the molecule is Cc1cc(C)cc(CC(O)C=C[C@H]2CCCC(=O)N2CC=CCCCC(=O)O)c1. The number of carboxylic acids is 1. The van der Waals surface area contributed by atoms with Crippen molar-refractivity contribution in [2.75, 3.05) is 6.54 Å². The smallest absolute Gasteiger partial charge is 0.303 e. The van der Waals surface area contributed by atoms with Gasteiger partial charge in [0, 0.05) is 25.8 Å². The molecule has 0 spiro atoms. The molecule has 1 aliphatic rings. The second kappa shape index (κ2) is 11.6. The summed E-state index contributed by atoms with van der Waals surface area (Å²) in [7, 11) is 0. The molecule has 0 aromatic heterocycles. The van der Waals surface area contributed by atoms with Crippen molar-refractivity contribution in [3.8, 4) is 0 Å². The van der Waals surface area contributed by atoms with Crippen LogP contribution in [0.4, 0.5) is 0 Å². The first-order valence-electron chi connectivity index (χ1n) is 10.4. The third kappa shape index (κ3) is 8.24. The molecule has 158 valence electrons. The molecule has 0 radical (unpaired) electrons. The van der Waals surface area contributed by atoms with Gasteiger partial charge in [0.25, 0.3) is 0 Å². The zero-order valence-electron chi connectivity index (χ0n) is 17.5. The summed E-state index contributed by atoms with van der Waals surface area (Å²) < 4.78 is 0. The first-order chi connectivity index (χ1) is 13.8. The van der Waals surface area contributed by atoms with Crippen LogP contribution in [0.5, 0.6) is 0 Å². The number of hydrogen-bond acceptors (Lipinski definition) is 3. The molecule has 1 fully saturated rings. The predicted octanol–water partition coefficient (Wildman–Crippen LogP) is 3.96. The van der Waals surface area contributed by atoms with Gasteiger partial charge in [0.2, 0.25) is 5.91 Å². The third-order valence-electron chi connectivity index (χ3n) is 5.12. The van der Waals surface area contributed by atoms with Gasteiger partial charge < -0.3 is 15.1 Å². The molecule has 2 rings (SSSR count). The number of aliphatic hydroxyl groups is 1. The molecular weight excluding hydrogens is 366 g/mol. The van der Waals surface area contributed by atoms with E-state index in [9.17, 15) is 14.7 Å². The average Bonchev–Trinajstić information content (AvgIpc) is 2.63. The number of likely N-dealkylation sites (tertiary alicyclic amines) is 1. The minimum atomic E-state index is -0.783. The van der Waals surface area contributed by atoms with Crippen molar-refractivity contribution < 1.29 is 19.8 Å². The van der Waals surface area contributed by atoms with Crippen LogP contribution in [-0.2, 0) is 16.0 Å². The van der Waals surface area contributed by atoms with Gasteiger partial charge in [-0.1, -0.05) is 53.6 Å². The Morgan fingerprint density at radius 1 is 1.24 bits per heavy atom. The molecule has 1 aliphatic heterocycles. The summed E-state index contributed by atoms with van der Waals surface area (Å²) in [5, 5.41) is 19.1. The number of amides is 1. The molecule has 5 nitrogen and oxygen atoms in total. The van der Waals surface area contributed by atoms with Gasteiger partial charge in [-0.05, 0) is 45.1 Å². The Morgan fingerprint density at radius 2 is 1.97 bits per heavy atom. The minimum absolute atomic E-state index is 0.00573. The zero-order valence-corrected chi connectivity index (χ0v) is 17.5. The van der Waals surface area contributed by atoms with Crippen LogP contribution >= 0.6 is 0 Å². The van der Waals surface area contributed by atoms with E-state index in [1.807, 2.05) is 29.2 Å². The number of rotatable bonds is 10. The fraction of sp³-hybridized carbons (Fsp3) is 0.500. The molecule has 29 heavy (non-hydrogen) atoms. The molecule has 0 aliphatic carbocycles. The highest BCUT2D eigenvalue weighted by atomic mass is 16.4. The molecule has 1 amide bonds. The average molecular weight is 400 g/mol. The van der Waals surface area contributed by atoms with Gasteiger partial charge in [-0.25, -0.2) is 0 Å².